The van der Waals surface area contributed by atoms with Gasteiger partial charge in [-0.1, -0.05) is 11.3 Å². The second kappa shape index (κ2) is 7.66. The number of nitrogens with zero attached hydrogens (tertiary/aromatic N) is 3. The second-order valence-corrected chi connectivity index (χ2v) is 11.6. The van der Waals surface area contributed by atoms with Gasteiger partial charge in [-0.2, -0.15) is 8.78 Å². The lowest BCUT2D eigenvalue weighted by Crippen LogP contribution is -2.70. The third-order valence-electron chi connectivity index (χ3n) is 5.47. The topological polar surface area (TPSA) is 75.1 Å². The van der Waals surface area contributed by atoms with Crippen molar-refractivity contribution in [2.45, 2.75) is 70.4 Å². The van der Waals surface area contributed by atoms with E-state index >= 15 is 0 Å². The lowest BCUT2D eigenvalue weighted by Gasteiger charge is -2.55. The summed E-state index contributed by atoms with van der Waals surface area (Å²) < 4.78 is 40.3. The Balaban J connectivity index is 1.56. The van der Waals surface area contributed by atoms with E-state index in [1.54, 1.807) is 11.0 Å². The molecule has 2 aromatic rings. The van der Waals surface area contributed by atoms with E-state index in [2.05, 4.69) is 25.8 Å². The molecule has 5 rings (SSSR count). The molecule has 0 saturated carbocycles. The number of alkyl halides is 2. The molecular formula is C21H26BrF2N3O4S. The average Bonchev–Trinajstić information content (AvgIpc) is 3.08. The van der Waals surface area contributed by atoms with Gasteiger partial charge in [-0.25, -0.2) is 9.78 Å². The number of aromatic nitrogens is 1. The maximum absolute atomic E-state index is 14.3. The molecule has 176 valence electrons. The Hall–Kier alpha value is -1.72. The summed E-state index contributed by atoms with van der Waals surface area (Å²) in [6, 6.07) is 3.08. The molecule has 2 unspecified atom stereocenters. The zero-order valence-electron chi connectivity index (χ0n) is 18.5. The highest BCUT2D eigenvalue weighted by atomic mass is 79.9. The van der Waals surface area contributed by atoms with Crippen LogP contribution in [0.15, 0.2) is 16.6 Å². The van der Waals surface area contributed by atoms with E-state index in [1.807, 2.05) is 20.8 Å². The van der Waals surface area contributed by atoms with Crippen LogP contribution in [0.5, 0.6) is 5.75 Å². The predicted molar refractivity (Wildman–Crippen MR) is 122 cm³/mol. The van der Waals surface area contributed by atoms with Gasteiger partial charge < -0.3 is 19.5 Å². The summed E-state index contributed by atoms with van der Waals surface area (Å²) in [6.45, 7) is 8.69. The molecule has 4 heterocycles. The van der Waals surface area contributed by atoms with Crippen molar-refractivity contribution >= 4 is 48.7 Å². The van der Waals surface area contributed by atoms with Crippen molar-refractivity contribution in [1.82, 2.24) is 9.88 Å². The monoisotopic (exact) mass is 533 g/mol. The Labute approximate surface area is 197 Å². The fraction of sp³-hybridized carbons (Fsp3) is 0.619. The minimum atomic E-state index is -3.78. The van der Waals surface area contributed by atoms with Gasteiger partial charge in [0.1, 0.15) is 16.9 Å². The Morgan fingerprint density at radius 3 is 2.41 bits per heavy atom. The van der Waals surface area contributed by atoms with Crippen LogP contribution in [-0.4, -0.2) is 63.6 Å². The molecule has 7 nitrogen and oxygen atoms in total. The molecule has 3 aliphatic heterocycles. The molecule has 2 bridgehead atoms. The number of piperazine rings is 1. The smallest absolute Gasteiger partial charge is 0.426 e. The highest BCUT2D eigenvalue weighted by Gasteiger charge is 2.50. The molecule has 3 saturated heterocycles. The number of ether oxygens (including phenoxy) is 2. The van der Waals surface area contributed by atoms with E-state index in [9.17, 15) is 18.7 Å². The fourth-order valence-electron chi connectivity index (χ4n) is 3.80. The molecule has 3 aliphatic rings. The van der Waals surface area contributed by atoms with Crippen LogP contribution in [-0.2, 0) is 4.74 Å². The van der Waals surface area contributed by atoms with Crippen LogP contribution in [0.3, 0.4) is 0 Å². The summed E-state index contributed by atoms with van der Waals surface area (Å²) in [6.07, 6.45) is -3.19. The normalized spacial score (nSPS) is 21.5. The number of amides is 1. The molecule has 0 spiro atoms. The van der Waals surface area contributed by atoms with E-state index in [4.69, 9.17) is 9.47 Å². The van der Waals surface area contributed by atoms with E-state index in [0.29, 0.717) is 32.9 Å². The minimum Gasteiger partial charge on any atom is -0.444 e. The van der Waals surface area contributed by atoms with Crippen molar-refractivity contribution < 1.29 is 28.2 Å². The Morgan fingerprint density at radius 2 is 1.84 bits per heavy atom. The Bertz CT molecular complexity index is 1040. The van der Waals surface area contributed by atoms with Gasteiger partial charge in [0.15, 0.2) is 10.7 Å². The molecule has 32 heavy (non-hydrogen) atoms. The molecule has 0 radical (unpaired) electrons. The van der Waals surface area contributed by atoms with E-state index in [-0.39, 0.29) is 23.9 Å². The number of rotatable bonds is 4. The van der Waals surface area contributed by atoms with Crippen LogP contribution >= 0.6 is 27.3 Å². The first-order valence-electron chi connectivity index (χ1n) is 10.3. The van der Waals surface area contributed by atoms with Gasteiger partial charge in [0.05, 0.1) is 16.8 Å². The zero-order valence-corrected chi connectivity index (χ0v) is 20.9. The van der Waals surface area contributed by atoms with E-state index < -0.39 is 17.3 Å². The summed E-state index contributed by atoms with van der Waals surface area (Å²) in [5.74, 6) is -0.0448. The number of carbonyl (C=O) groups excluding carboxylic acids is 1. The number of thiazole rings is 1. The molecule has 2 atom stereocenters. The second-order valence-electron chi connectivity index (χ2n) is 9.73. The summed E-state index contributed by atoms with van der Waals surface area (Å²) in [5.41, 5.74) is -2.39. The Morgan fingerprint density at radius 1 is 1.22 bits per heavy atom. The minimum absolute atomic E-state index is 0.0225. The molecule has 11 heteroatoms. The van der Waals surface area contributed by atoms with Gasteiger partial charge in [0, 0.05) is 17.6 Å². The molecular weight excluding hydrogens is 508 g/mol. The van der Waals surface area contributed by atoms with Gasteiger partial charge in [-0.3, -0.25) is 4.90 Å². The van der Waals surface area contributed by atoms with Crippen LogP contribution in [0.4, 0.5) is 18.7 Å². The first-order valence-corrected chi connectivity index (χ1v) is 11.9. The highest BCUT2D eigenvalue weighted by molar-refractivity contribution is 9.10. The number of anilines is 1. The van der Waals surface area contributed by atoms with Crippen LogP contribution in [0.25, 0.3) is 10.2 Å². The third kappa shape index (κ3) is 4.26. The average molecular weight is 534 g/mol. The van der Waals surface area contributed by atoms with Crippen molar-refractivity contribution in [2.75, 3.05) is 18.0 Å². The summed E-state index contributed by atoms with van der Waals surface area (Å²) in [4.78, 5) is 21.0. The highest BCUT2D eigenvalue weighted by Crippen LogP contribution is 2.44. The molecule has 1 amide bonds. The number of benzene rings is 1. The number of hydrogen-bond acceptors (Lipinski definition) is 7. The number of carbonyl (C=O) groups is 1. The SMILES string of the molecule is CC(C)(C)OC(=O)N1C2CC1CN(c1nc3c(Br)ccc(OC(F)(F)C(C)(C)O)c3s1)C2. The molecule has 0 aliphatic carbocycles. The van der Waals surface area contributed by atoms with Gasteiger partial charge in [0.25, 0.3) is 0 Å². The third-order valence-corrected chi connectivity index (χ3v) is 7.24. The van der Waals surface area contributed by atoms with E-state index in [0.717, 1.165) is 20.3 Å². The number of halogens is 3. The van der Waals surface area contributed by atoms with Crippen molar-refractivity contribution in [3.05, 3.63) is 16.6 Å². The number of piperidine rings is 1. The molecule has 1 N–H and O–H groups in total. The van der Waals surface area contributed by atoms with Gasteiger partial charge >= 0.3 is 12.2 Å². The summed E-state index contributed by atoms with van der Waals surface area (Å²) in [7, 11) is 0. The van der Waals surface area contributed by atoms with Gasteiger partial charge in [-0.05, 0) is 69.1 Å². The predicted octanol–water partition coefficient (Wildman–Crippen LogP) is 5.00. The first-order chi connectivity index (χ1) is 14.7. The van der Waals surface area contributed by atoms with E-state index in [1.165, 1.54) is 17.4 Å². The largest absolute Gasteiger partial charge is 0.444 e. The van der Waals surface area contributed by atoms with Crippen LogP contribution in [0, 0.1) is 0 Å². The Kier molecular flexibility index (Phi) is 5.61. The summed E-state index contributed by atoms with van der Waals surface area (Å²) >= 11 is 4.68. The van der Waals surface area contributed by atoms with Crippen molar-refractivity contribution in [1.29, 1.82) is 0 Å². The zero-order chi connectivity index (χ0) is 23.6. The number of fused-ring (bicyclic) bond motifs is 3. The number of aliphatic hydroxyl groups is 1. The van der Waals surface area contributed by atoms with Crippen molar-refractivity contribution in [3.8, 4) is 5.75 Å². The lowest BCUT2D eigenvalue weighted by molar-refractivity contribution is -0.275. The fourth-order valence-corrected chi connectivity index (χ4v) is 5.41. The lowest BCUT2D eigenvalue weighted by atomic mass is 9.88. The standard InChI is InChI=1S/C21H26BrF2N3O4S/c1-19(2,3)31-18(28)27-11-8-12(27)10-26(9-11)17-25-15-13(22)6-7-14(16(15)32-17)30-21(23,24)20(4,5)29/h6-7,11-12,29H,8-10H2,1-5H3. The number of hydrogen-bond donors (Lipinski definition) is 1. The maximum atomic E-state index is 14.3. The molecule has 1 aromatic heterocycles. The van der Waals surface area contributed by atoms with Crippen LogP contribution in [0.1, 0.15) is 41.0 Å². The van der Waals surface area contributed by atoms with Crippen LogP contribution < -0.4 is 9.64 Å². The molecule has 3 fully saturated rings. The first kappa shape index (κ1) is 23.4. The van der Waals surface area contributed by atoms with Crippen molar-refractivity contribution in [2.24, 2.45) is 0 Å². The quantitative estimate of drug-likeness (QED) is 0.596. The molecule has 1 aromatic carbocycles. The maximum Gasteiger partial charge on any atom is 0.426 e. The van der Waals surface area contributed by atoms with Crippen molar-refractivity contribution in [3.63, 3.8) is 0 Å². The van der Waals surface area contributed by atoms with Gasteiger partial charge in [-0.15, -0.1) is 0 Å². The van der Waals surface area contributed by atoms with Gasteiger partial charge in [0.2, 0.25) is 0 Å². The van der Waals surface area contributed by atoms with Crippen LogP contribution in [0.2, 0.25) is 0 Å². The summed E-state index contributed by atoms with van der Waals surface area (Å²) in [5, 5.41) is 10.4.